The van der Waals surface area contributed by atoms with Crippen LogP contribution >= 0.6 is 0 Å². The van der Waals surface area contributed by atoms with Crippen LogP contribution in [0.2, 0.25) is 0 Å². The summed E-state index contributed by atoms with van der Waals surface area (Å²) >= 11 is 0. The number of anilines is 1. The standard InChI is InChI=1S/C15H18N4O2/c1-11-10-16-7-5-13(11)17-8-9-18-14(20)12-4-3-6-19-15(12)21-2/h3-7,10H,8-9H2,1-2H3,(H,16,17)(H,18,20). The van der Waals surface area contributed by atoms with Crippen LogP contribution in [-0.4, -0.2) is 36.1 Å². The number of carbonyl (C=O) groups excluding carboxylic acids is 1. The number of amides is 1. The van der Waals surface area contributed by atoms with Crippen LogP contribution < -0.4 is 15.4 Å². The lowest BCUT2D eigenvalue weighted by Crippen LogP contribution is -2.29. The number of methoxy groups -OCH3 is 1. The first-order chi connectivity index (χ1) is 10.2. The van der Waals surface area contributed by atoms with E-state index in [-0.39, 0.29) is 5.91 Å². The van der Waals surface area contributed by atoms with Crippen LogP contribution in [0, 0.1) is 6.92 Å². The van der Waals surface area contributed by atoms with E-state index in [0.717, 1.165) is 11.3 Å². The number of hydrogen-bond donors (Lipinski definition) is 2. The van der Waals surface area contributed by atoms with Gasteiger partial charge >= 0.3 is 0 Å². The van der Waals surface area contributed by atoms with Gasteiger partial charge in [-0.1, -0.05) is 0 Å². The van der Waals surface area contributed by atoms with Crippen LogP contribution in [0.1, 0.15) is 15.9 Å². The van der Waals surface area contributed by atoms with Gasteiger partial charge in [-0.05, 0) is 30.7 Å². The zero-order chi connectivity index (χ0) is 15.1. The third-order valence-electron chi connectivity index (χ3n) is 2.96. The Morgan fingerprint density at radius 3 is 2.90 bits per heavy atom. The van der Waals surface area contributed by atoms with Gasteiger partial charge < -0.3 is 15.4 Å². The zero-order valence-electron chi connectivity index (χ0n) is 12.1. The summed E-state index contributed by atoms with van der Waals surface area (Å²) in [5.74, 6) is 0.126. The Morgan fingerprint density at radius 1 is 1.29 bits per heavy atom. The Hall–Kier alpha value is -2.63. The summed E-state index contributed by atoms with van der Waals surface area (Å²) in [4.78, 5) is 20.1. The second-order valence-corrected chi connectivity index (χ2v) is 4.43. The molecule has 2 aromatic rings. The molecule has 2 aromatic heterocycles. The molecule has 0 bridgehead atoms. The lowest BCUT2D eigenvalue weighted by molar-refractivity contribution is 0.0951. The lowest BCUT2D eigenvalue weighted by Gasteiger charge is -2.10. The molecule has 0 aromatic carbocycles. The monoisotopic (exact) mass is 286 g/mol. The third-order valence-corrected chi connectivity index (χ3v) is 2.96. The number of rotatable bonds is 6. The first-order valence-corrected chi connectivity index (χ1v) is 6.64. The molecule has 2 rings (SSSR count). The summed E-state index contributed by atoms with van der Waals surface area (Å²) in [6.45, 7) is 3.10. The predicted octanol–water partition coefficient (Wildman–Crippen LogP) is 1.64. The van der Waals surface area contributed by atoms with E-state index >= 15 is 0 Å². The molecule has 0 atom stereocenters. The van der Waals surface area contributed by atoms with Crippen molar-refractivity contribution in [2.45, 2.75) is 6.92 Å². The maximum Gasteiger partial charge on any atom is 0.256 e. The topological polar surface area (TPSA) is 76.1 Å². The van der Waals surface area contributed by atoms with Crippen LogP contribution in [0.5, 0.6) is 5.88 Å². The normalized spacial score (nSPS) is 10.0. The van der Waals surface area contributed by atoms with E-state index in [4.69, 9.17) is 4.74 Å². The van der Waals surface area contributed by atoms with E-state index in [1.54, 1.807) is 30.7 Å². The van der Waals surface area contributed by atoms with E-state index in [1.807, 2.05) is 13.0 Å². The Labute approximate surface area is 123 Å². The van der Waals surface area contributed by atoms with Gasteiger partial charge in [-0.3, -0.25) is 9.78 Å². The van der Waals surface area contributed by atoms with Gasteiger partial charge in [-0.15, -0.1) is 0 Å². The maximum absolute atomic E-state index is 12.0. The quantitative estimate of drug-likeness (QED) is 0.789. The highest BCUT2D eigenvalue weighted by Gasteiger charge is 2.11. The smallest absolute Gasteiger partial charge is 0.256 e. The number of nitrogens with one attached hydrogen (secondary N) is 2. The summed E-state index contributed by atoms with van der Waals surface area (Å²) in [5, 5.41) is 6.07. The van der Waals surface area contributed by atoms with Gasteiger partial charge in [0, 0.05) is 37.4 Å². The van der Waals surface area contributed by atoms with Crippen molar-refractivity contribution < 1.29 is 9.53 Å². The largest absolute Gasteiger partial charge is 0.480 e. The minimum Gasteiger partial charge on any atom is -0.480 e. The van der Waals surface area contributed by atoms with Crippen molar-refractivity contribution in [3.63, 3.8) is 0 Å². The van der Waals surface area contributed by atoms with Crippen LogP contribution in [0.25, 0.3) is 0 Å². The van der Waals surface area contributed by atoms with Gasteiger partial charge in [0.2, 0.25) is 5.88 Å². The molecule has 0 saturated carbocycles. The van der Waals surface area contributed by atoms with E-state index in [1.165, 1.54) is 7.11 Å². The van der Waals surface area contributed by atoms with Crippen molar-refractivity contribution in [1.82, 2.24) is 15.3 Å². The fraction of sp³-hybridized carbons (Fsp3) is 0.267. The van der Waals surface area contributed by atoms with Gasteiger partial charge in [0.1, 0.15) is 5.56 Å². The molecule has 0 fully saturated rings. The highest BCUT2D eigenvalue weighted by molar-refractivity contribution is 5.96. The molecule has 0 aliphatic rings. The van der Waals surface area contributed by atoms with Crippen molar-refractivity contribution in [2.24, 2.45) is 0 Å². The molecule has 21 heavy (non-hydrogen) atoms. The molecule has 110 valence electrons. The summed E-state index contributed by atoms with van der Waals surface area (Å²) in [6, 6.07) is 5.29. The van der Waals surface area contributed by atoms with Crippen LogP contribution in [0.4, 0.5) is 5.69 Å². The summed E-state index contributed by atoms with van der Waals surface area (Å²) in [7, 11) is 1.49. The van der Waals surface area contributed by atoms with E-state index in [0.29, 0.717) is 24.5 Å². The summed E-state index contributed by atoms with van der Waals surface area (Å²) in [5.41, 5.74) is 2.51. The van der Waals surface area contributed by atoms with Crippen molar-refractivity contribution in [2.75, 3.05) is 25.5 Å². The second kappa shape index (κ2) is 7.23. The first kappa shape index (κ1) is 14.8. The van der Waals surface area contributed by atoms with Gasteiger partial charge in [0.25, 0.3) is 5.91 Å². The highest BCUT2D eigenvalue weighted by Crippen LogP contribution is 2.13. The fourth-order valence-electron chi connectivity index (χ4n) is 1.87. The molecule has 6 nitrogen and oxygen atoms in total. The summed E-state index contributed by atoms with van der Waals surface area (Å²) in [6.07, 6.45) is 5.11. The van der Waals surface area contributed by atoms with E-state index in [9.17, 15) is 4.79 Å². The molecule has 1 amide bonds. The number of pyridine rings is 2. The summed E-state index contributed by atoms with van der Waals surface area (Å²) < 4.78 is 5.06. The van der Waals surface area contributed by atoms with Crippen LogP contribution in [0.3, 0.4) is 0 Å². The van der Waals surface area contributed by atoms with Crippen molar-refractivity contribution in [3.05, 3.63) is 47.9 Å². The number of ether oxygens (including phenoxy) is 1. The van der Waals surface area contributed by atoms with E-state index < -0.39 is 0 Å². The van der Waals surface area contributed by atoms with Crippen molar-refractivity contribution >= 4 is 11.6 Å². The second-order valence-electron chi connectivity index (χ2n) is 4.43. The molecule has 0 unspecified atom stereocenters. The number of carbonyl (C=O) groups is 1. The molecule has 6 heteroatoms. The Balaban J connectivity index is 1.83. The minimum absolute atomic E-state index is 0.201. The molecular formula is C15H18N4O2. The average Bonchev–Trinajstić information content (AvgIpc) is 2.52. The molecule has 0 saturated heterocycles. The van der Waals surface area contributed by atoms with Gasteiger partial charge in [-0.2, -0.15) is 0 Å². The molecule has 2 heterocycles. The van der Waals surface area contributed by atoms with Crippen LogP contribution in [0.15, 0.2) is 36.8 Å². The molecule has 2 N–H and O–H groups in total. The maximum atomic E-state index is 12.0. The molecular weight excluding hydrogens is 268 g/mol. The minimum atomic E-state index is -0.201. The molecule has 0 aliphatic heterocycles. The lowest BCUT2D eigenvalue weighted by atomic mass is 10.2. The van der Waals surface area contributed by atoms with Crippen LogP contribution in [-0.2, 0) is 0 Å². The Morgan fingerprint density at radius 2 is 2.14 bits per heavy atom. The Bertz CT molecular complexity index is 616. The van der Waals surface area contributed by atoms with Crippen molar-refractivity contribution in [3.8, 4) is 5.88 Å². The number of nitrogens with zero attached hydrogens (tertiary/aromatic N) is 2. The third kappa shape index (κ3) is 3.92. The number of aryl methyl sites for hydroxylation is 1. The van der Waals surface area contributed by atoms with Gasteiger partial charge in [-0.25, -0.2) is 4.98 Å². The van der Waals surface area contributed by atoms with Gasteiger partial charge in [0.15, 0.2) is 0 Å². The fourth-order valence-corrected chi connectivity index (χ4v) is 1.87. The average molecular weight is 286 g/mol. The molecule has 0 aliphatic carbocycles. The predicted molar refractivity (Wildman–Crippen MR) is 80.6 cm³/mol. The molecule has 0 radical (unpaired) electrons. The highest BCUT2D eigenvalue weighted by atomic mass is 16.5. The Kier molecular flexibility index (Phi) is 5.09. The number of hydrogen-bond acceptors (Lipinski definition) is 5. The first-order valence-electron chi connectivity index (χ1n) is 6.64. The zero-order valence-corrected chi connectivity index (χ0v) is 12.1. The van der Waals surface area contributed by atoms with Gasteiger partial charge in [0.05, 0.1) is 7.11 Å². The molecule has 0 spiro atoms. The van der Waals surface area contributed by atoms with E-state index in [2.05, 4.69) is 20.6 Å². The SMILES string of the molecule is COc1ncccc1C(=O)NCCNc1ccncc1C. The number of aromatic nitrogens is 2. The van der Waals surface area contributed by atoms with Crippen molar-refractivity contribution in [1.29, 1.82) is 0 Å².